The number of hydrogen-bond donors (Lipinski definition) is 1. The molecule has 13 heavy (non-hydrogen) atoms. The third kappa shape index (κ3) is 3.08. The fraction of sp³-hybridized carbons (Fsp3) is 0.444. The Kier molecular flexibility index (Phi) is 2.47. The van der Waals surface area contributed by atoms with Gasteiger partial charge in [0.1, 0.15) is 0 Å². The number of nitrogens with one attached hydrogen (secondary N) is 1. The van der Waals surface area contributed by atoms with Gasteiger partial charge >= 0.3 is 0 Å². The second-order valence-corrected chi connectivity index (χ2v) is 3.75. The molecule has 0 saturated carbocycles. The van der Waals surface area contributed by atoms with Gasteiger partial charge in [-0.3, -0.25) is 0 Å². The van der Waals surface area contributed by atoms with Crippen LogP contribution in [0.25, 0.3) is 4.85 Å². The molecule has 0 radical (unpaired) electrons. The van der Waals surface area contributed by atoms with Gasteiger partial charge in [0.2, 0.25) is 11.6 Å². The van der Waals surface area contributed by atoms with Crippen LogP contribution >= 0.6 is 0 Å². The van der Waals surface area contributed by atoms with Crippen LogP contribution in [-0.4, -0.2) is 15.5 Å². The van der Waals surface area contributed by atoms with Crippen LogP contribution in [-0.2, 0) is 0 Å². The standard InChI is InChI=1S/C9H12N4/c1-9(2,3)13-8-11-5-7(10-4)6-12-8/h5-6H,1-3H3,(H,11,12,13). The van der Waals surface area contributed by atoms with Crippen LogP contribution in [0.5, 0.6) is 0 Å². The SMILES string of the molecule is [C-]#[N+]c1cnc(NC(C)(C)C)nc1. The average molecular weight is 176 g/mol. The van der Waals surface area contributed by atoms with Crippen LogP contribution in [0.1, 0.15) is 20.8 Å². The molecular weight excluding hydrogens is 164 g/mol. The van der Waals surface area contributed by atoms with Crippen molar-refractivity contribution in [2.45, 2.75) is 26.3 Å². The van der Waals surface area contributed by atoms with Gasteiger partial charge in [-0.05, 0) is 20.8 Å². The summed E-state index contributed by atoms with van der Waals surface area (Å²) in [5.41, 5.74) is 0.402. The van der Waals surface area contributed by atoms with Crippen molar-refractivity contribution in [2.75, 3.05) is 5.32 Å². The number of anilines is 1. The molecule has 68 valence electrons. The molecule has 0 atom stereocenters. The van der Waals surface area contributed by atoms with Crippen molar-refractivity contribution in [3.8, 4) is 0 Å². The van der Waals surface area contributed by atoms with E-state index in [0.29, 0.717) is 11.6 Å². The topological polar surface area (TPSA) is 42.2 Å². The maximum atomic E-state index is 6.72. The van der Waals surface area contributed by atoms with Crippen LogP contribution in [0.2, 0.25) is 0 Å². The zero-order valence-electron chi connectivity index (χ0n) is 8.00. The Morgan fingerprint density at radius 3 is 2.23 bits per heavy atom. The van der Waals surface area contributed by atoms with E-state index in [1.54, 1.807) is 0 Å². The molecule has 4 nitrogen and oxygen atoms in total. The maximum Gasteiger partial charge on any atom is 0.223 e. The first-order valence-corrected chi connectivity index (χ1v) is 3.99. The van der Waals surface area contributed by atoms with Gasteiger partial charge in [0.25, 0.3) is 0 Å². The van der Waals surface area contributed by atoms with Gasteiger partial charge in [-0.1, -0.05) is 0 Å². The Hall–Kier alpha value is -1.63. The zero-order chi connectivity index (χ0) is 9.90. The summed E-state index contributed by atoms with van der Waals surface area (Å²) in [6.45, 7) is 12.8. The number of aromatic nitrogens is 2. The monoisotopic (exact) mass is 176 g/mol. The summed E-state index contributed by atoms with van der Waals surface area (Å²) in [5.74, 6) is 0.555. The van der Waals surface area contributed by atoms with Crippen molar-refractivity contribution in [3.05, 3.63) is 23.8 Å². The first-order valence-electron chi connectivity index (χ1n) is 3.99. The molecule has 1 N–H and O–H groups in total. The molecule has 0 aliphatic rings. The molecule has 0 aliphatic carbocycles. The van der Waals surface area contributed by atoms with Crippen LogP contribution in [0.3, 0.4) is 0 Å². The largest absolute Gasteiger partial charge is 0.350 e. The average Bonchev–Trinajstić information content (AvgIpc) is 2.03. The lowest BCUT2D eigenvalue weighted by atomic mass is 10.1. The van der Waals surface area contributed by atoms with E-state index in [0.717, 1.165) is 0 Å². The van der Waals surface area contributed by atoms with Crippen LogP contribution in [0.15, 0.2) is 12.4 Å². The van der Waals surface area contributed by atoms with Crippen LogP contribution < -0.4 is 5.32 Å². The molecule has 1 rings (SSSR count). The van der Waals surface area contributed by atoms with Gasteiger partial charge < -0.3 is 5.32 Å². The fourth-order valence-corrected chi connectivity index (χ4v) is 0.779. The highest BCUT2D eigenvalue weighted by atomic mass is 15.1. The molecule has 1 heterocycles. The summed E-state index contributed by atoms with van der Waals surface area (Å²) in [7, 11) is 0. The smallest absolute Gasteiger partial charge is 0.223 e. The molecule has 0 bridgehead atoms. The predicted octanol–water partition coefficient (Wildman–Crippen LogP) is 2.24. The van der Waals surface area contributed by atoms with E-state index < -0.39 is 0 Å². The van der Waals surface area contributed by atoms with Crippen molar-refractivity contribution >= 4 is 11.6 Å². The lowest BCUT2D eigenvalue weighted by Crippen LogP contribution is -2.27. The van der Waals surface area contributed by atoms with E-state index >= 15 is 0 Å². The van der Waals surface area contributed by atoms with Crippen molar-refractivity contribution in [3.63, 3.8) is 0 Å². The summed E-state index contributed by atoms with van der Waals surface area (Å²) < 4.78 is 0. The summed E-state index contributed by atoms with van der Waals surface area (Å²) >= 11 is 0. The van der Waals surface area contributed by atoms with Gasteiger partial charge in [-0.25, -0.2) is 14.8 Å². The van der Waals surface area contributed by atoms with E-state index in [1.165, 1.54) is 12.4 Å². The second-order valence-electron chi connectivity index (χ2n) is 3.75. The summed E-state index contributed by atoms with van der Waals surface area (Å²) in [5, 5.41) is 3.11. The van der Waals surface area contributed by atoms with Crippen molar-refractivity contribution in [2.24, 2.45) is 0 Å². The second kappa shape index (κ2) is 3.40. The van der Waals surface area contributed by atoms with Gasteiger partial charge in [0.15, 0.2) is 0 Å². The number of nitrogens with zero attached hydrogens (tertiary/aromatic N) is 3. The zero-order valence-corrected chi connectivity index (χ0v) is 8.00. The Morgan fingerprint density at radius 1 is 1.31 bits per heavy atom. The molecule has 1 aromatic rings. The molecule has 1 aromatic heterocycles. The highest BCUT2D eigenvalue weighted by molar-refractivity contribution is 5.42. The third-order valence-corrected chi connectivity index (χ3v) is 1.25. The van der Waals surface area contributed by atoms with Crippen LogP contribution in [0, 0.1) is 6.57 Å². The molecule has 0 spiro atoms. The molecule has 0 aliphatic heterocycles. The molecule has 0 amide bonds. The van der Waals surface area contributed by atoms with E-state index in [4.69, 9.17) is 6.57 Å². The van der Waals surface area contributed by atoms with Gasteiger partial charge in [-0.15, -0.1) is 0 Å². The van der Waals surface area contributed by atoms with E-state index in [1.807, 2.05) is 20.8 Å². The highest BCUT2D eigenvalue weighted by Gasteiger charge is 2.10. The maximum absolute atomic E-state index is 6.72. The highest BCUT2D eigenvalue weighted by Crippen LogP contribution is 2.12. The predicted molar refractivity (Wildman–Crippen MR) is 51.7 cm³/mol. The van der Waals surface area contributed by atoms with E-state index in [-0.39, 0.29) is 5.54 Å². The molecule has 0 saturated heterocycles. The molecule has 0 unspecified atom stereocenters. The minimum atomic E-state index is -0.0559. The van der Waals surface area contributed by atoms with Crippen molar-refractivity contribution < 1.29 is 0 Å². The summed E-state index contributed by atoms with van der Waals surface area (Å²) in [6.07, 6.45) is 3.02. The van der Waals surface area contributed by atoms with Crippen molar-refractivity contribution in [1.82, 2.24) is 9.97 Å². The van der Waals surface area contributed by atoms with E-state index in [2.05, 4.69) is 20.1 Å². The lowest BCUT2D eigenvalue weighted by Gasteiger charge is -2.19. The normalized spacial score (nSPS) is 10.6. The summed E-state index contributed by atoms with van der Waals surface area (Å²) in [4.78, 5) is 11.2. The van der Waals surface area contributed by atoms with E-state index in [9.17, 15) is 0 Å². The lowest BCUT2D eigenvalue weighted by molar-refractivity contribution is 0.626. The Labute approximate surface area is 77.8 Å². The summed E-state index contributed by atoms with van der Waals surface area (Å²) in [6, 6.07) is 0. The number of hydrogen-bond acceptors (Lipinski definition) is 3. The minimum Gasteiger partial charge on any atom is -0.350 e. The number of rotatable bonds is 1. The molecule has 4 heteroatoms. The van der Waals surface area contributed by atoms with Crippen molar-refractivity contribution in [1.29, 1.82) is 0 Å². The fourth-order valence-electron chi connectivity index (χ4n) is 0.779. The Balaban J connectivity index is 2.77. The third-order valence-electron chi connectivity index (χ3n) is 1.25. The van der Waals surface area contributed by atoms with Gasteiger partial charge in [-0.2, -0.15) is 0 Å². The molecule has 0 aromatic carbocycles. The van der Waals surface area contributed by atoms with Gasteiger partial charge in [0, 0.05) is 17.9 Å². The molecular formula is C9H12N4. The molecule has 0 fully saturated rings. The first kappa shape index (κ1) is 9.46. The quantitative estimate of drug-likeness (QED) is 0.667. The Morgan fingerprint density at radius 2 is 1.85 bits per heavy atom. The van der Waals surface area contributed by atoms with Crippen LogP contribution in [0.4, 0.5) is 11.6 Å². The Bertz CT molecular complexity index is 315. The van der Waals surface area contributed by atoms with Gasteiger partial charge in [0.05, 0.1) is 6.57 Å². The minimum absolute atomic E-state index is 0.0559. The first-order chi connectivity index (χ1) is 6.01.